The second-order valence-electron chi connectivity index (χ2n) is 7.96. The third-order valence-corrected chi connectivity index (χ3v) is 3.89. The summed E-state index contributed by atoms with van der Waals surface area (Å²) in [6, 6.07) is 16.4. The van der Waals surface area contributed by atoms with E-state index in [1.807, 2.05) is 24.3 Å². The smallest absolute Gasteiger partial charge is 0.230 e. The molecule has 2 aromatic carbocycles. The van der Waals surface area contributed by atoms with Gasteiger partial charge < -0.3 is 9.47 Å². The minimum Gasteiger partial charge on any atom is -0.458 e. The molecule has 2 nitrogen and oxygen atoms in total. The average Bonchev–Trinajstić information content (AvgIpc) is 2.46. The lowest BCUT2D eigenvalue weighted by molar-refractivity contribution is 0.120. The van der Waals surface area contributed by atoms with Gasteiger partial charge in [-0.1, -0.05) is 65.8 Å². The van der Waals surface area contributed by atoms with Crippen molar-refractivity contribution in [2.24, 2.45) is 0 Å². The number of benzene rings is 2. The van der Waals surface area contributed by atoms with Crippen LogP contribution in [0, 0.1) is 0 Å². The Kier molecular flexibility index (Phi) is 5.03. The van der Waals surface area contributed by atoms with Crippen LogP contribution in [0.3, 0.4) is 0 Å². The molecule has 0 aromatic heterocycles. The molecule has 0 fully saturated rings. The number of hydrogen-bond donors (Lipinski definition) is 0. The van der Waals surface area contributed by atoms with Gasteiger partial charge in [-0.2, -0.15) is 0 Å². The fourth-order valence-corrected chi connectivity index (χ4v) is 2.27. The first kappa shape index (κ1) is 17.4. The van der Waals surface area contributed by atoms with Crippen LogP contribution in [0.5, 0.6) is 11.5 Å². The van der Waals surface area contributed by atoms with Gasteiger partial charge in [0.25, 0.3) is 0 Å². The third kappa shape index (κ3) is 5.02. The molecule has 0 radical (unpaired) electrons. The van der Waals surface area contributed by atoms with Crippen LogP contribution in [0.4, 0.5) is 0 Å². The van der Waals surface area contributed by atoms with Gasteiger partial charge in [-0.05, 0) is 46.2 Å². The minimum absolute atomic E-state index is 0.157. The standard InChI is InChI=1S/C21H28O2/c1-20(2,3)16-7-11-18(12-8-16)22-15-23-19-13-9-17(10-14-19)21(4,5)6/h7-14H,15H2,1-6H3. The van der Waals surface area contributed by atoms with Crippen LogP contribution in [0.1, 0.15) is 52.7 Å². The van der Waals surface area contributed by atoms with E-state index < -0.39 is 0 Å². The summed E-state index contributed by atoms with van der Waals surface area (Å²) >= 11 is 0. The zero-order chi connectivity index (χ0) is 17.1. The number of hydrogen-bond acceptors (Lipinski definition) is 2. The lowest BCUT2D eigenvalue weighted by Gasteiger charge is -2.19. The predicted octanol–water partition coefficient (Wildman–Crippen LogP) is 5.70. The summed E-state index contributed by atoms with van der Waals surface area (Å²) in [5.74, 6) is 1.65. The zero-order valence-corrected chi connectivity index (χ0v) is 15.1. The summed E-state index contributed by atoms with van der Waals surface area (Å²) in [4.78, 5) is 0. The summed E-state index contributed by atoms with van der Waals surface area (Å²) in [7, 11) is 0. The normalized spacial score (nSPS) is 12.1. The molecule has 0 aliphatic carbocycles. The van der Waals surface area contributed by atoms with Crippen LogP contribution in [0.2, 0.25) is 0 Å². The molecule has 0 spiro atoms. The van der Waals surface area contributed by atoms with Crippen molar-refractivity contribution in [3.05, 3.63) is 59.7 Å². The van der Waals surface area contributed by atoms with Gasteiger partial charge >= 0.3 is 0 Å². The number of rotatable bonds is 4. The van der Waals surface area contributed by atoms with Gasteiger partial charge in [-0.3, -0.25) is 0 Å². The summed E-state index contributed by atoms with van der Waals surface area (Å²) in [6.07, 6.45) is 0. The summed E-state index contributed by atoms with van der Waals surface area (Å²) in [5, 5.41) is 0. The maximum absolute atomic E-state index is 5.65. The van der Waals surface area contributed by atoms with Crippen molar-refractivity contribution in [3.8, 4) is 11.5 Å². The first-order valence-corrected chi connectivity index (χ1v) is 8.13. The van der Waals surface area contributed by atoms with Crippen molar-refractivity contribution < 1.29 is 9.47 Å². The molecule has 0 atom stereocenters. The molecule has 124 valence electrons. The molecule has 0 amide bonds. The van der Waals surface area contributed by atoms with E-state index in [4.69, 9.17) is 9.47 Å². The molecule has 2 rings (SSSR count). The molecule has 0 heterocycles. The van der Waals surface area contributed by atoms with Gasteiger partial charge in [-0.25, -0.2) is 0 Å². The van der Waals surface area contributed by atoms with Gasteiger partial charge in [-0.15, -0.1) is 0 Å². The molecule has 0 bridgehead atoms. The lowest BCUT2D eigenvalue weighted by atomic mass is 9.87. The molecule has 0 N–H and O–H groups in total. The summed E-state index contributed by atoms with van der Waals surface area (Å²) in [6.45, 7) is 13.4. The van der Waals surface area contributed by atoms with E-state index in [1.165, 1.54) is 11.1 Å². The second-order valence-corrected chi connectivity index (χ2v) is 7.96. The Labute approximate surface area is 140 Å². The Morgan fingerprint density at radius 2 is 0.870 bits per heavy atom. The van der Waals surface area contributed by atoms with Crippen LogP contribution >= 0.6 is 0 Å². The van der Waals surface area contributed by atoms with E-state index in [0.29, 0.717) is 0 Å². The SMILES string of the molecule is CC(C)(C)c1ccc(OCOc2ccc(C(C)(C)C)cc2)cc1. The maximum atomic E-state index is 5.65. The minimum atomic E-state index is 0.157. The third-order valence-electron chi connectivity index (χ3n) is 3.89. The fraction of sp³-hybridized carbons (Fsp3) is 0.429. The largest absolute Gasteiger partial charge is 0.458 e. The van der Waals surface area contributed by atoms with Crippen molar-refractivity contribution >= 4 is 0 Å². The average molecular weight is 312 g/mol. The maximum Gasteiger partial charge on any atom is 0.230 e. The first-order chi connectivity index (χ1) is 10.7. The van der Waals surface area contributed by atoms with Crippen molar-refractivity contribution in [1.82, 2.24) is 0 Å². The van der Waals surface area contributed by atoms with Crippen LogP contribution in [0.15, 0.2) is 48.5 Å². The van der Waals surface area contributed by atoms with Crippen molar-refractivity contribution in [1.29, 1.82) is 0 Å². The highest BCUT2D eigenvalue weighted by molar-refractivity contribution is 5.32. The molecular formula is C21H28O2. The molecular weight excluding hydrogens is 284 g/mol. The van der Waals surface area contributed by atoms with Crippen LogP contribution in [-0.4, -0.2) is 6.79 Å². The topological polar surface area (TPSA) is 18.5 Å². The Balaban J connectivity index is 1.87. The van der Waals surface area contributed by atoms with Gasteiger partial charge in [0.15, 0.2) is 0 Å². The highest BCUT2D eigenvalue weighted by Crippen LogP contribution is 2.25. The van der Waals surface area contributed by atoms with Crippen molar-refractivity contribution in [2.75, 3.05) is 6.79 Å². The Bertz CT molecular complexity index is 553. The lowest BCUT2D eigenvalue weighted by Crippen LogP contribution is -2.11. The van der Waals surface area contributed by atoms with Crippen molar-refractivity contribution in [3.63, 3.8) is 0 Å². The van der Waals surface area contributed by atoms with Crippen molar-refractivity contribution in [2.45, 2.75) is 52.4 Å². The van der Waals surface area contributed by atoms with E-state index in [1.54, 1.807) is 0 Å². The summed E-state index contributed by atoms with van der Waals surface area (Å²) < 4.78 is 11.3. The molecule has 2 heteroatoms. The van der Waals surface area contributed by atoms with E-state index >= 15 is 0 Å². The van der Waals surface area contributed by atoms with Gasteiger partial charge in [0.2, 0.25) is 6.79 Å². The van der Waals surface area contributed by atoms with E-state index in [9.17, 15) is 0 Å². The number of ether oxygens (including phenoxy) is 2. The van der Waals surface area contributed by atoms with Gasteiger partial charge in [0.05, 0.1) is 0 Å². The molecule has 2 aromatic rings. The van der Waals surface area contributed by atoms with Gasteiger partial charge in [0.1, 0.15) is 11.5 Å². The zero-order valence-electron chi connectivity index (χ0n) is 15.1. The van der Waals surface area contributed by atoms with Gasteiger partial charge in [0, 0.05) is 0 Å². The Morgan fingerprint density at radius 1 is 0.565 bits per heavy atom. The fourth-order valence-electron chi connectivity index (χ4n) is 2.27. The van der Waals surface area contributed by atoms with E-state index in [0.717, 1.165) is 11.5 Å². The van der Waals surface area contributed by atoms with Crippen LogP contribution in [0.25, 0.3) is 0 Å². The Morgan fingerprint density at radius 3 is 1.13 bits per heavy atom. The molecule has 0 saturated heterocycles. The molecule has 0 saturated carbocycles. The Hall–Kier alpha value is -1.96. The monoisotopic (exact) mass is 312 g/mol. The predicted molar refractivity (Wildman–Crippen MR) is 96.4 cm³/mol. The molecule has 0 aliphatic rings. The quantitative estimate of drug-likeness (QED) is 0.674. The molecule has 0 unspecified atom stereocenters. The van der Waals surface area contributed by atoms with Crippen LogP contribution in [-0.2, 0) is 10.8 Å². The van der Waals surface area contributed by atoms with Crippen LogP contribution < -0.4 is 9.47 Å². The highest BCUT2D eigenvalue weighted by Gasteiger charge is 2.14. The van der Waals surface area contributed by atoms with E-state index in [-0.39, 0.29) is 17.6 Å². The molecule has 23 heavy (non-hydrogen) atoms. The van der Waals surface area contributed by atoms with E-state index in [2.05, 4.69) is 65.8 Å². The summed E-state index contributed by atoms with van der Waals surface area (Å²) in [5.41, 5.74) is 2.90. The highest BCUT2D eigenvalue weighted by atomic mass is 16.7. The first-order valence-electron chi connectivity index (χ1n) is 8.13. The molecule has 0 aliphatic heterocycles. The second kappa shape index (κ2) is 6.66.